The van der Waals surface area contributed by atoms with Gasteiger partial charge in [0.25, 0.3) is 6.43 Å². The number of benzene rings is 1. The van der Waals surface area contributed by atoms with Gasteiger partial charge in [0.05, 0.1) is 6.21 Å². The molecule has 0 aliphatic rings. The molecule has 0 atom stereocenters. The van der Waals surface area contributed by atoms with E-state index in [0.29, 0.717) is 22.3 Å². The maximum absolute atomic E-state index is 12.8. The lowest BCUT2D eigenvalue weighted by molar-refractivity contribution is 0.136. The first kappa shape index (κ1) is 17.3. The summed E-state index contributed by atoms with van der Waals surface area (Å²) in [6.07, 6.45) is -1.53. The van der Waals surface area contributed by atoms with Gasteiger partial charge < -0.3 is 9.15 Å². The predicted molar refractivity (Wildman–Crippen MR) is 89.9 cm³/mol. The third-order valence-corrected chi connectivity index (χ3v) is 3.56. The van der Waals surface area contributed by atoms with Crippen molar-refractivity contribution in [2.45, 2.75) is 13.0 Å². The number of aromatic amines is 1. The predicted octanol–water partition coefficient (Wildman–Crippen LogP) is 4.59. The highest BCUT2D eigenvalue weighted by atomic mass is 35.5. The smallest absolute Gasteiger partial charge is 0.299 e. The molecule has 0 aliphatic carbocycles. The summed E-state index contributed by atoms with van der Waals surface area (Å²) in [6.45, 7) is 0.197. The van der Waals surface area contributed by atoms with Crippen molar-refractivity contribution < 1.29 is 17.9 Å². The van der Waals surface area contributed by atoms with Crippen LogP contribution in [0.1, 0.15) is 23.8 Å². The molecule has 3 rings (SSSR count). The van der Waals surface area contributed by atoms with E-state index in [9.17, 15) is 8.78 Å². The standard InChI is InChI=1S/C15H11ClF2N4O2S/c16-9-1-3-10(4-2-9)23-8-12-6-5-11(24-12)7-19-22-14(13(17)18)20-21-15(22)25/h1-7,13H,8H2,(H,21,25)/b19-7-. The Labute approximate surface area is 150 Å². The number of hydrogen-bond donors (Lipinski definition) is 1. The van der Waals surface area contributed by atoms with E-state index in [1.54, 1.807) is 36.4 Å². The molecule has 25 heavy (non-hydrogen) atoms. The van der Waals surface area contributed by atoms with Crippen molar-refractivity contribution in [2.24, 2.45) is 5.10 Å². The molecule has 0 fully saturated rings. The van der Waals surface area contributed by atoms with E-state index < -0.39 is 12.2 Å². The zero-order valence-electron chi connectivity index (χ0n) is 12.5. The highest BCUT2D eigenvalue weighted by Crippen LogP contribution is 2.18. The molecule has 130 valence electrons. The number of nitrogens with zero attached hydrogens (tertiary/aromatic N) is 3. The number of rotatable bonds is 6. The highest BCUT2D eigenvalue weighted by molar-refractivity contribution is 7.71. The third-order valence-electron chi connectivity index (χ3n) is 3.05. The largest absolute Gasteiger partial charge is 0.486 e. The fraction of sp³-hybridized carbons (Fsp3) is 0.133. The van der Waals surface area contributed by atoms with Crippen LogP contribution in [0.3, 0.4) is 0 Å². The van der Waals surface area contributed by atoms with E-state index in [-0.39, 0.29) is 11.4 Å². The van der Waals surface area contributed by atoms with Crippen molar-refractivity contribution in [3.63, 3.8) is 0 Å². The Bertz CT molecular complexity index is 934. The van der Waals surface area contributed by atoms with Crippen molar-refractivity contribution in [3.8, 4) is 5.75 Å². The van der Waals surface area contributed by atoms with E-state index in [4.69, 9.17) is 33.0 Å². The Hall–Kier alpha value is -2.52. The molecule has 10 heteroatoms. The summed E-state index contributed by atoms with van der Waals surface area (Å²) in [5.41, 5.74) is 0. The number of halogens is 3. The molecular formula is C15H11ClF2N4O2S. The summed E-state index contributed by atoms with van der Waals surface area (Å²) in [6, 6.07) is 10.2. The summed E-state index contributed by atoms with van der Waals surface area (Å²) >= 11 is 10.7. The van der Waals surface area contributed by atoms with E-state index in [0.717, 1.165) is 4.68 Å². The molecule has 0 aliphatic heterocycles. The fourth-order valence-electron chi connectivity index (χ4n) is 1.90. The zero-order valence-corrected chi connectivity index (χ0v) is 14.1. The van der Waals surface area contributed by atoms with Crippen molar-refractivity contribution in [1.29, 1.82) is 0 Å². The van der Waals surface area contributed by atoms with Gasteiger partial charge in [0.1, 0.15) is 23.9 Å². The molecule has 2 heterocycles. The summed E-state index contributed by atoms with van der Waals surface area (Å²) in [7, 11) is 0. The zero-order chi connectivity index (χ0) is 17.8. The van der Waals surface area contributed by atoms with Crippen molar-refractivity contribution in [2.75, 3.05) is 0 Å². The van der Waals surface area contributed by atoms with Gasteiger partial charge in [-0.15, -0.1) is 0 Å². The van der Waals surface area contributed by atoms with Crippen LogP contribution in [0.2, 0.25) is 5.02 Å². The lowest BCUT2D eigenvalue weighted by Crippen LogP contribution is -1.99. The van der Waals surface area contributed by atoms with Gasteiger partial charge in [-0.2, -0.15) is 14.9 Å². The lowest BCUT2D eigenvalue weighted by atomic mass is 10.3. The molecular weight excluding hydrogens is 374 g/mol. The summed E-state index contributed by atoms with van der Waals surface area (Å²) < 4.78 is 37.4. The second kappa shape index (κ2) is 7.58. The van der Waals surface area contributed by atoms with Crippen LogP contribution in [0.4, 0.5) is 8.78 Å². The average molecular weight is 385 g/mol. The summed E-state index contributed by atoms with van der Waals surface area (Å²) in [5.74, 6) is 0.973. The molecule has 0 bridgehead atoms. The van der Waals surface area contributed by atoms with Gasteiger partial charge in [-0.1, -0.05) is 11.6 Å². The van der Waals surface area contributed by atoms with E-state index in [1.807, 2.05) is 0 Å². The minimum absolute atomic E-state index is 0.0376. The van der Waals surface area contributed by atoms with Crippen LogP contribution in [0.25, 0.3) is 0 Å². The molecule has 1 N–H and O–H groups in total. The van der Waals surface area contributed by atoms with Gasteiger partial charge in [-0.3, -0.25) is 0 Å². The molecule has 3 aromatic rings. The Morgan fingerprint density at radius 1 is 1.32 bits per heavy atom. The second-order valence-electron chi connectivity index (χ2n) is 4.79. The topological polar surface area (TPSA) is 68.3 Å². The van der Waals surface area contributed by atoms with Crippen LogP contribution in [0.5, 0.6) is 5.75 Å². The van der Waals surface area contributed by atoms with E-state index >= 15 is 0 Å². The van der Waals surface area contributed by atoms with Crippen LogP contribution >= 0.6 is 23.8 Å². The van der Waals surface area contributed by atoms with Crippen LogP contribution in [-0.2, 0) is 6.61 Å². The minimum atomic E-state index is -2.80. The van der Waals surface area contributed by atoms with Crippen LogP contribution in [-0.4, -0.2) is 21.1 Å². The molecule has 0 saturated heterocycles. The molecule has 0 radical (unpaired) electrons. The van der Waals surface area contributed by atoms with Gasteiger partial charge in [0.2, 0.25) is 10.6 Å². The molecule has 0 amide bonds. The minimum Gasteiger partial charge on any atom is -0.486 e. The summed E-state index contributed by atoms with van der Waals surface area (Å²) in [5, 5.41) is 10.2. The van der Waals surface area contributed by atoms with Crippen LogP contribution in [0, 0.1) is 4.77 Å². The number of alkyl halides is 2. The SMILES string of the molecule is FC(F)c1n[nH]c(=S)n1/N=C\c1ccc(COc2ccc(Cl)cc2)o1. The lowest BCUT2D eigenvalue weighted by Gasteiger charge is -2.03. The van der Waals surface area contributed by atoms with Gasteiger partial charge in [0.15, 0.2) is 0 Å². The normalized spacial score (nSPS) is 11.5. The van der Waals surface area contributed by atoms with E-state index in [1.165, 1.54) is 6.21 Å². The molecule has 6 nitrogen and oxygen atoms in total. The number of furan rings is 1. The fourth-order valence-corrected chi connectivity index (χ4v) is 2.21. The molecule has 0 spiro atoms. The third kappa shape index (κ3) is 4.31. The van der Waals surface area contributed by atoms with Crippen molar-refractivity contribution in [3.05, 3.63) is 63.5 Å². The Balaban J connectivity index is 1.66. The number of hydrogen-bond acceptors (Lipinski definition) is 5. The Morgan fingerprint density at radius 2 is 2.08 bits per heavy atom. The van der Waals surface area contributed by atoms with Crippen LogP contribution < -0.4 is 4.74 Å². The summed E-state index contributed by atoms with van der Waals surface area (Å²) in [4.78, 5) is 0. The molecule has 1 aromatic carbocycles. The number of aromatic nitrogens is 3. The first-order valence-corrected chi connectivity index (χ1v) is 7.78. The Kier molecular flexibility index (Phi) is 5.25. The first-order valence-electron chi connectivity index (χ1n) is 7.00. The first-order chi connectivity index (χ1) is 12.0. The second-order valence-corrected chi connectivity index (χ2v) is 5.61. The van der Waals surface area contributed by atoms with Crippen LogP contribution in [0.15, 0.2) is 45.9 Å². The van der Waals surface area contributed by atoms with Gasteiger partial charge in [-0.25, -0.2) is 13.9 Å². The maximum Gasteiger partial charge on any atom is 0.299 e. The maximum atomic E-state index is 12.8. The number of ether oxygens (including phenoxy) is 1. The van der Waals surface area contributed by atoms with E-state index in [2.05, 4.69) is 15.3 Å². The quantitative estimate of drug-likeness (QED) is 0.498. The highest BCUT2D eigenvalue weighted by Gasteiger charge is 2.16. The van der Waals surface area contributed by atoms with Gasteiger partial charge >= 0.3 is 0 Å². The number of H-pyrrole nitrogens is 1. The van der Waals surface area contributed by atoms with Crippen molar-refractivity contribution >= 4 is 30.0 Å². The molecule has 0 unspecified atom stereocenters. The van der Waals surface area contributed by atoms with Gasteiger partial charge in [-0.05, 0) is 48.6 Å². The molecule has 0 saturated carbocycles. The van der Waals surface area contributed by atoms with Crippen molar-refractivity contribution in [1.82, 2.24) is 14.9 Å². The Morgan fingerprint density at radius 3 is 2.80 bits per heavy atom. The molecule has 2 aromatic heterocycles. The average Bonchev–Trinajstić information content (AvgIpc) is 3.19. The number of nitrogens with one attached hydrogen (secondary N) is 1. The van der Waals surface area contributed by atoms with Gasteiger partial charge in [0, 0.05) is 5.02 Å². The monoisotopic (exact) mass is 384 g/mol.